The number of aliphatic hydroxyl groups excluding tert-OH is 1. The van der Waals surface area contributed by atoms with Crippen LogP contribution in [0.1, 0.15) is 80.1 Å². The van der Waals surface area contributed by atoms with Crippen molar-refractivity contribution in [2.45, 2.75) is 109 Å². The summed E-state index contributed by atoms with van der Waals surface area (Å²) in [5.41, 5.74) is 17.0. The third-order valence-corrected chi connectivity index (χ3v) is 16.1. The summed E-state index contributed by atoms with van der Waals surface area (Å²) < 4.78 is 24.1. The Labute approximate surface area is 451 Å². The van der Waals surface area contributed by atoms with E-state index in [1.54, 1.807) is 23.6 Å². The van der Waals surface area contributed by atoms with E-state index in [0.29, 0.717) is 35.3 Å². The largest absolute Gasteiger partial charge is 0.489 e. The summed E-state index contributed by atoms with van der Waals surface area (Å²) in [6, 6.07) is 27.6. The van der Waals surface area contributed by atoms with E-state index < -0.39 is 18.1 Å². The normalized spacial score (nSPS) is 21.4. The molecule has 18 nitrogen and oxygen atoms in total. The maximum absolute atomic E-state index is 14.1. The second-order valence-electron chi connectivity index (χ2n) is 20.8. The van der Waals surface area contributed by atoms with Crippen molar-refractivity contribution in [3.8, 4) is 39.2 Å². The Morgan fingerprint density at radius 2 is 1.69 bits per heavy atom. The van der Waals surface area contributed by atoms with Crippen LogP contribution in [0.2, 0.25) is 0 Å². The van der Waals surface area contributed by atoms with E-state index in [4.69, 9.17) is 24.5 Å². The van der Waals surface area contributed by atoms with Gasteiger partial charge in [0.15, 0.2) is 11.6 Å². The molecule has 7 aromatic rings. The Balaban J connectivity index is 0.619. The molecule has 1 aliphatic carbocycles. The second kappa shape index (κ2) is 22.4. The van der Waals surface area contributed by atoms with Gasteiger partial charge >= 0.3 is 0 Å². The van der Waals surface area contributed by atoms with Crippen molar-refractivity contribution in [2.75, 3.05) is 41.8 Å². The van der Waals surface area contributed by atoms with E-state index in [1.807, 2.05) is 93.2 Å². The first kappa shape index (κ1) is 51.2. The van der Waals surface area contributed by atoms with Gasteiger partial charge in [-0.05, 0) is 90.9 Å². The number of thiazole rings is 1. The number of pyridine rings is 2. The molecule has 4 N–H and O–H groups in total. The van der Waals surface area contributed by atoms with Crippen molar-refractivity contribution in [3.63, 3.8) is 0 Å². The number of benzene rings is 2. The molecule has 398 valence electrons. The number of aromatic nitrogens is 6. The molecule has 2 bridgehead atoms. The number of aliphatic hydroxyl groups is 1. The van der Waals surface area contributed by atoms with Gasteiger partial charge in [0.25, 0.3) is 5.88 Å². The molecule has 11 rings (SSSR count). The Bertz CT molecular complexity index is 3220. The van der Waals surface area contributed by atoms with Crippen LogP contribution in [0.3, 0.4) is 0 Å². The smallest absolute Gasteiger partial charge is 0.254 e. The predicted molar refractivity (Wildman–Crippen MR) is 294 cm³/mol. The van der Waals surface area contributed by atoms with Crippen LogP contribution in [0, 0.1) is 19.8 Å². The Kier molecular flexibility index (Phi) is 14.9. The van der Waals surface area contributed by atoms with Crippen molar-refractivity contribution in [1.29, 1.82) is 0 Å². The Morgan fingerprint density at radius 1 is 0.896 bits per heavy atom. The number of likely N-dealkylation sites (tertiary alicyclic amines) is 1. The number of nitrogen functional groups attached to an aromatic ring is 1. The Hall–Kier alpha value is -7.90. The summed E-state index contributed by atoms with van der Waals surface area (Å²) in [5.74, 6) is 0.698. The lowest BCUT2D eigenvalue weighted by atomic mass is 9.91. The number of hydrogen-bond donors (Lipinski definition) is 3. The number of β-amino-alcohol motifs (C(OH)–C–C–N with tert-alkyl or cyclic N) is 1. The molecule has 1 saturated carbocycles. The third-order valence-electron chi connectivity index (χ3n) is 15.1. The molecular weight excluding hydrogens is 995 g/mol. The molecule has 5 aromatic heterocycles. The number of carbonyl (C=O) groups is 2. The number of anilines is 3. The minimum absolute atomic E-state index is 0.00119. The third kappa shape index (κ3) is 11.3. The molecule has 5 atom stereocenters. The van der Waals surface area contributed by atoms with Gasteiger partial charge in [0.1, 0.15) is 36.5 Å². The van der Waals surface area contributed by atoms with E-state index in [-0.39, 0.29) is 61.9 Å². The molecule has 2 amide bonds. The lowest BCUT2D eigenvalue weighted by Gasteiger charge is -2.43. The SMILES string of the molecule is Cc1ccccc1-c1cc(N2CC3CCC(C2)N3c2ccnc(OC3CC(Oc4ccc(C=CCOc5cc(C(C(=O)N6C[C@H](O)C[C@H]6C(=O)NCc6ccc(-c7scnc7C)cc6)C(C)C)on5)nc4)C3)c2)c(N)nn1. The van der Waals surface area contributed by atoms with Gasteiger partial charge in [0.05, 0.1) is 45.5 Å². The standard InChI is InChI=1S/C58H63N11O7S/c1-34(2)54(58(72)68-32-43(70)23-50(68)57(71)62-28-37-11-13-38(14-12-37)55-36(4)63-33-77-55)51-27-53(66-76-51)73-21-7-9-39-15-18-44(29-61-39)74-45-24-46(25-45)75-52-22-40(19-20-60-52)69-41-16-17-42(69)31-67(30-41)49-26-48(64-65-56(49)59)47-10-6-5-8-35(47)3/h5-15,18-20,22,26-27,29,33-34,41-43,45-46,50,54,70H,16-17,21,23-25,28,30-32H2,1-4H3,(H2,59,65)(H,62,71)/t41?,42?,43-,45?,46?,50+,54?/m1/s1. The second-order valence-corrected chi connectivity index (χ2v) is 21.7. The van der Waals surface area contributed by atoms with Gasteiger partial charge in [0, 0.05) is 87.1 Å². The van der Waals surface area contributed by atoms with Crippen LogP contribution in [0.4, 0.5) is 17.2 Å². The highest BCUT2D eigenvalue weighted by molar-refractivity contribution is 7.13. The number of nitrogens with zero attached hydrogens (tertiary/aromatic N) is 9. The number of nitrogens with one attached hydrogen (secondary N) is 1. The highest BCUT2D eigenvalue weighted by Crippen LogP contribution is 2.40. The number of hydrogen-bond acceptors (Lipinski definition) is 17. The number of ether oxygens (including phenoxy) is 3. The number of aryl methyl sites for hydroxylation is 2. The number of rotatable bonds is 18. The first-order valence-corrected chi connectivity index (χ1v) is 27.3. The highest BCUT2D eigenvalue weighted by atomic mass is 32.1. The quantitative estimate of drug-likeness (QED) is 0.0737. The number of fused-ring (bicyclic) bond motifs is 2. The molecule has 77 heavy (non-hydrogen) atoms. The fraction of sp³-hybridized carbons (Fsp3) is 0.379. The summed E-state index contributed by atoms with van der Waals surface area (Å²) >= 11 is 1.59. The van der Waals surface area contributed by atoms with E-state index in [9.17, 15) is 14.7 Å². The van der Waals surface area contributed by atoms with Crippen LogP contribution in [0.25, 0.3) is 27.8 Å². The number of carbonyl (C=O) groups excluding carboxylic acids is 2. The topological polar surface area (TPSA) is 220 Å². The monoisotopic (exact) mass is 1060 g/mol. The molecule has 0 spiro atoms. The summed E-state index contributed by atoms with van der Waals surface area (Å²) in [5, 5.41) is 26.5. The average Bonchev–Trinajstić information content (AvgIpc) is 4.23. The van der Waals surface area contributed by atoms with E-state index >= 15 is 0 Å². The molecule has 2 aromatic carbocycles. The van der Waals surface area contributed by atoms with E-state index in [0.717, 1.165) is 94.4 Å². The minimum atomic E-state index is -0.832. The maximum Gasteiger partial charge on any atom is 0.254 e. The first-order chi connectivity index (χ1) is 37.4. The summed E-state index contributed by atoms with van der Waals surface area (Å²) in [4.78, 5) is 48.6. The summed E-state index contributed by atoms with van der Waals surface area (Å²) in [6.45, 7) is 10.0. The fourth-order valence-corrected chi connectivity index (χ4v) is 11.9. The van der Waals surface area contributed by atoms with Gasteiger partial charge < -0.3 is 49.6 Å². The van der Waals surface area contributed by atoms with Crippen LogP contribution in [0.5, 0.6) is 17.5 Å². The van der Waals surface area contributed by atoms with E-state index in [1.165, 1.54) is 4.90 Å². The van der Waals surface area contributed by atoms with Crippen LogP contribution < -0.4 is 35.1 Å². The van der Waals surface area contributed by atoms with Crippen molar-refractivity contribution in [2.24, 2.45) is 5.92 Å². The van der Waals surface area contributed by atoms with Crippen molar-refractivity contribution >= 4 is 46.4 Å². The van der Waals surface area contributed by atoms with Crippen molar-refractivity contribution < 1.29 is 33.4 Å². The summed E-state index contributed by atoms with van der Waals surface area (Å²) in [7, 11) is 0. The zero-order valence-electron chi connectivity index (χ0n) is 43.6. The first-order valence-electron chi connectivity index (χ1n) is 26.4. The molecule has 0 radical (unpaired) electrons. The van der Waals surface area contributed by atoms with Crippen molar-refractivity contribution in [3.05, 3.63) is 137 Å². The lowest BCUT2D eigenvalue weighted by molar-refractivity contribution is -0.141. The maximum atomic E-state index is 14.1. The molecule has 19 heteroatoms. The van der Waals surface area contributed by atoms with E-state index in [2.05, 4.69) is 82.7 Å². The van der Waals surface area contributed by atoms with Crippen molar-refractivity contribution in [1.82, 2.24) is 40.5 Å². The molecule has 3 unspecified atom stereocenters. The predicted octanol–water partition coefficient (Wildman–Crippen LogP) is 8.20. The van der Waals surface area contributed by atoms with Crippen LogP contribution in [0.15, 0.2) is 113 Å². The molecular formula is C58H63N11O7S. The van der Waals surface area contributed by atoms with Gasteiger partial charge in [0.2, 0.25) is 17.7 Å². The molecule has 4 fully saturated rings. The number of piperazine rings is 1. The molecule has 3 aliphatic heterocycles. The Morgan fingerprint density at radius 3 is 2.43 bits per heavy atom. The zero-order valence-corrected chi connectivity index (χ0v) is 44.4. The highest BCUT2D eigenvalue weighted by Gasteiger charge is 2.44. The number of amides is 2. The van der Waals surface area contributed by atoms with Gasteiger partial charge in [-0.3, -0.25) is 14.6 Å². The lowest BCUT2D eigenvalue weighted by Crippen LogP contribution is -2.54. The van der Waals surface area contributed by atoms with Gasteiger partial charge in [-0.15, -0.1) is 21.5 Å². The molecule has 8 heterocycles. The summed E-state index contributed by atoms with van der Waals surface area (Å²) in [6.07, 6.45) is 10.2. The molecule has 4 aliphatic rings. The van der Waals surface area contributed by atoms with Gasteiger partial charge in [-0.25, -0.2) is 9.97 Å². The minimum Gasteiger partial charge on any atom is -0.489 e. The molecule has 3 saturated heterocycles. The van der Waals surface area contributed by atoms with Gasteiger partial charge in [-0.1, -0.05) is 62.4 Å². The zero-order chi connectivity index (χ0) is 53.2. The van der Waals surface area contributed by atoms with Crippen LogP contribution in [-0.4, -0.2) is 115 Å². The van der Waals surface area contributed by atoms with Gasteiger partial charge in [-0.2, -0.15) is 0 Å². The number of nitrogens with two attached hydrogens (primary N) is 1. The average molecular weight is 1060 g/mol. The van der Waals surface area contributed by atoms with Crippen LogP contribution >= 0.6 is 11.3 Å². The fourth-order valence-electron chi connectivity index (χ4n) is 11.1. The van der Waals surface area contributed by atoms with Crippen LogP contribution in [-0.2, 0) is 16.1 Å².